The number of aromatic nitrogens is 2. The van der Waals surface area contributed by atoms with Gasteiger partial charge in [-0.2, -0.15) is 0 Å². The molecule has 0 aliphatic rings. The molecule has 0 aliphatic heterocycles. The monoisotopic (exact) mass is 433 g/mol. The van der Waals surface area contributed by atoms with Crippen molar-refractivity contribution in [2.24, 2.45) is 0 Å². The van der Waals surface area contributed by atoms with Crippen LogP contribution >= 0.6 is 11.8 Å². The number of anilines is 1. The van der Waals surface area contributed by atoms with E-state index >= 15 is 0 Å². The number of methoxy groups -OCH3 is 2. The molecule has 0 bridgehead atoms. The molecular weight excluding hydrogens is 410 g/mol. The van der Waals surface area contributed by atoms with Crippen LogP contribution in [0.2, 0.25) is 0 Å². The van der Waals surface area contributed by atoms with Crippen LogP contribution < -0.4 is 14.8 Å². The minimum atomic E-state index is -0.170. The van der Waals surface area contributed by atoms with E-state index in [2.05, 4.69) is 15.3 Å². The van der Waals surface area contributed by atoms with Crippen molar-refractivity contribution in [3.8, 4) is 11.5 Å². The third-order valence-corrected chi connectivity index (χ3v) is 5.89. The summed E-state index contributed by atoms with van der Waals surface area (Å²) in [5.41, 5.74) is 5.06. The predicted octanol–water partition coefficient (Wildman–Crippen LogP) is 5.43. The van der Waals surface area contributed by atoms with Gasteiger partial charge in [0.05, 0.1) is 25.3 Å². The normalized spacial score (nSPS) is 10.8. The number of ether oxygens (including phenoxy) is 2. The number of thioether (sulfide) groups is 1. The standard InChI is InChI=1S/C24H23N3O3S/c1-15-12-21(29-2)22(30-3)13-20(15)25-23(28)17-9-5-4-8-16(17)14-31-24-26-18-10-6-7-11-19(18)27-24/h4-13H,14H2,1-3H3,(H,25,28)(H,26,27). The lowest BCUT2D eigenvalue weighted by atomic mass is 10.1. The van der Waals surface area contributed by atoms with Crippen LogP contribution in [0.25, 0.3) is 11.0 Å². The molecule has 4 aromatic rings. The van der Waals surface area contributed by atoms with Gasteiger partial charge in [0, 0.05) is 23.1 Å². The molecule has 0 saturated heterocycles. The van der Waals surface area contributed by atoms with Crippen LogP contribution in [-0.4, -0.2) is 30.1 Å². The van der Waals surface area contributed by atoms with Gasteiger partial charge in [-0.3, -0.25) is 4.79 Å². The van der Waals surface area contributed by atoms with Crippen molar-refractivity contribution in [2.45, 2.75) is 17.8 Å². The number of aryl methyl sites for hydroxylation is 1. The highest BCUT2D eigenvalue weighted by Gasteiger charge is 2.15. The summed E-state index contributed by atoms with van der Waals surface area (Å²) in [7, 11) is 3.16. The number of para-hydroxylation sites is 2. The molecule has 1 amide bonds. The molecule has 31 heavy (non-hydrogen) atoms. The fourth-order valence-electron chi connectivity index (χ4n) is 3.32. The number of fused-ring (bicyclic) bond motifs is 1. The molecule has 0 aliphatic carbocycles. The fourth-order valence-corrected chi connectivity index (χ4v) is 4.21. The van der Waals surface area contributed by atoms with E-state index in [1.807, 2.05) is 61.5 Å². The van der Waals surface area contributed by atoms with Crippen LogP contribution in [0.4, 0.5) is 5.69 Å². The van der Waals surface area contributed by atoms with E-state index in [1.165, 1.54) is 0 Å². The summed E-state index contributed by atoms with van der Waals surface area (Å²) in [6, 6.07) is 19.1. The summed E-state index contributed by atoms with van der Waals surface area (Å²) in [4.78, 5) is 21.0. The molecule has 2 N–H and O–H groups in total. The molecule has 1 heterocycles. The van der Waals surface area contributed by atoms with Gasteiger partial charge in [-0.1, -0.05) is 42.1 Å². The average Bonchev–Trinajstić information content (AvgIpc) is 3.22. The van der Waals surface area contributed by atoms with Crippen molar-refractivity contribution < 1.29 is 14.3 Å². The largest absolute Gasteiger partial charge is 0.493 e. The Balaban J connectivity index is 1.53. The van der Waals surface area contributed by atoms with Crippen LogP contribution in [0.5, 0.6) is 11.5 Å². The quantitative estimate of drug-likeness (QED) is 0.380. The van der Waals surface area contributed by atoms with Crippen molar-refractivity contribution in [3.05, 3.63) is 77.4 Å². The third kappa shape index (κ3) is 4.51. The lowest BCUT2D eigenvalue weighted by Gasteiger charge is -2.15. The maximum atomic E-state index is 13.1. The van der Waals surface area contributed by atoms with Gasteiger partial charge in [0.2, 0.25) is 0 Å². The molecule has 4 rings (SSSR count). The Bertz CT molecular complexity index is 1200. The molecular formula is C24H23N3O3S. The minimum Gasteiger partial charge on any atom is -0.493 e. The summed E-state index contributed by atoms with van der Waals surface area (Å²) in [5, 5.41) is 3.83. The molecule has 0 fully saturated rings. The molecule has 6 nitrogen and oxygen atoms in total. The number of carbonyl (C=O) groups excluding carboxylic acids is 1. The summed E-state index contributed by atoms with van der Waals surface area (Å²) >= 11 is 1.57. The predicted molar refractivity (Wildman–Crippen MR) is 124 cm³/mol. The second kappa shape index (κ2) is 9.14. The van der Waals surface area contributed by atoms with Gasteiger partial charge in [0.15, 0.2) is 16.7 Å². The van der Waals surface area contributed by atoms with Crippen molar-refractivity contribution in [3.63, 3.8) is 0 Å². The van der Waals surface area contributed by atoms with Crippen LogP contribution in [0.3, 0.4) is 0 Å². The first-order valence-electron chi connectivity index (χ1n) is 9.78. The van der Waals surface area contributed by atoms with E-state index in [0.29, 0.717) is 28.5 Å². The second-order valence-electron chi connectivity index (χ2n) is 6.98. The van der Waals surface area contributed by atoms with Crippen molar-refractivity contribution in [2.75, 3.05) is 19.5 Å². The van der Waals surface area contributed by atoms with E-state index in [-0.39, 0.29) is 5.91 Å². The number of imidazole rings is 1. The first kappa shape index (κ1) is 20.8. The number of nitrogens with one attached hydrogen (secondary N) is 2. The Hall–Kier alpha value is -3.45. The first-order valence-corrected chi connectivity index (χ1v) is 10.8. The Morgan fingerprint density at radius 3 is 2.52 bits per heavy atom. The fraction of sp³-hybridized carbons (Fsp3) is 0.167. The SMILES string of the molecule is COc1cc(C)c(NC(=O)c2ccccc2CSc2nc3ccccc3[nH]2)cc1OC. The molecule has 158 valence electrons. The van der Waals surface area contributed by atoms with Crippen molar-refractivity contribution in [1.82, 2.24) is 9.97 Å². The Morgan fingerprint density at radius 2 is 1.74 bits per heavy atom. The van der Waals surface area contributed by atoms with Gasteiger partial charge < -0.3 is 19.8 Å². The number of nitrogens with zero attached hydrogens (tertiary/aromatic N) is 1. The number of hydrogen-bond donors (Lipinski definition) is 2. The van der Waals surface area contributed by atoms with E-state index in [0.717, 1.165) is 27.3 Å². The van der Waals surface area contributed by atoms with Gasteiger partial charge in [-0.25, -0.2) is 4.98 Å². The molecule has 0 atom stereocenters. The second-order valence-corrected chi connectivity index (χ2v) is 7.95. The highest BCUT2D eigenvalue weighted by Crippen LogP contribution is 2.33. The minimum absolute atomic E-state index is 0.170. The smallest absolute Gasteiger partial charge is 0.255 e. The number of aromatic amines is 1. The van der Waals surface area contributed by atoms with Gasteiger partial charge in [-0.15, -0.1) is 0 Å². The Kier molecular flexibility index (Phi) is 6.13. The lowest BCUT2D eigenvalue weighted by molar-refractivity contribution is 0.102. The zero-order chi connectivity index (χ0) is 21.8. The number of amides is 1. The maximum absolute atomic E-state index is 13.1. The molecule has 7 heteroatoms. The van der Waals surface area contributed by atoms with Crippen molar-refractivity contribution >= 4 is 34.4 Å². The van der Waals surface area contributed by atoms with Crippen LogP contribution in [0, 0.1) is 6.92 Å². The summed E-state index contributed by atoms with van der Waals surface area (Å²) in [6.45, 7) is 1.92. The molecule has 0 unspecified atom stereocenters. The van der Waals surface area contributed by atoms with Gasteiger partial charge in [0.1, 0.15) is 0 Å². The van der Waals surface area contributed by atoms with Crippen LogP contribution in [-0.2, 0) is 5.75 Å². The topological polar surface area (TPSA) is 76.2 Å². The third-order valence-electron chi connectivity index (χ3n) is 4.97. The molecule has 3 aromatic carbocycles. The molecule has 1 aromatic heterocycles. The Morgan fingerprint density at radius 1 is 1.03 bits per heavy atom. The highest BCUT2D eigenvalue weighted by molar-refractivity contribution is 7.98. The van der Waals surface area contributed by atoms with E-state index in [4.69, 9.17) is 9.47 Å². The van der Waals surface area contributed by atoms with Crippen LogP contribution in [0.1, 0.15) is 21.5 Å². The lowest BCUT2D eigenvalue weighted by Crippen LogP contribution is -2.15. The van der Waals surface area contributed by atoms with Gasteiger partial charge in [0.25, 0.3) is 5.91 Å². The summed E-state index contributed by atoms with van der Waals surface area (Å²) in [5.74, 6) is 1.64. The summed E-state index contributed by atoms with van der Waals surface area (Å²) in [6.07, 6.45) is 0. The van der Waals surface area contributed by atoms with E-state index in [9.17, 15) is 4.79 Å². The van der Waals surface area contributed by atoms with Crippen LogP contribution in [0.15, 0.2) is 65.8 Å². The zero-order valence-corrected chi connectivity index (χ0v) is 18.4. The molecule has 0 radical (unpaired) electrons. The first-order chi connectivity index (χ1) is 15.1. The van der Waals surface area contributed by atoms with Crippen molar-refractivity contribution in [1.29, 1.82) is 0 Å². The number of hydrogen-bond acceptors (Lipinski definition) is 5. The molecule has 0 saturated carbocycles. The number of rotatable bonds is 7. The number of benzene rings is 3. The molecule has 0 spiro atoms. The van der Waals surface area contributed by atoms with Gasteiger partial charge in [-0.05, 0) is 42.3 Å². The number of carbonyl (C=O) groups is 1. The highest BCUT2D eigenvalue weighted by atomic mass is 32.2. The zero-order valence-electron chi connectivity index (χ0n) is 17.6. The van der Waals surface area contributed by atoms with E-state index in [1.54, 1.807) is 32.0 Å². The number of H-pyrrole nitrogens is 1. The van der Waals surface area contributed by atoms with E-state index < -0.39 is 0 Å². The summed E-state index contributed by atoms with van der Waals surface area (Å²) < 4.78 is 10.7. The average molecular weight is 434 g/mol. The Labute approximate surface area is 185 Å². The maximum Gasteiger partial charge on any atom is 0.255 e. The van der Waals surface area contributed by atoms with Gasteiger partial charge >= 0.3 is 0 Å².